The largest absolute Gasteiger partial charge is 0.481 e. The van der Waals surface area contributed by atoms with E-state index < -0.39 is 18.1 Å². The predicted molar refractivity (Wildman–Crippen MR) is 198 cm³/mol. The molecule has 278 valence electrons. The second-order valence-corrected chi connectivity index (χ2v) is 19.7. The third-order valence-electron chi connectivity index (χ3n) is 17.5. The Balaban J connectivity index is 1.15. The molecule has 0 aromatic carbocycles. The van der Waals surface area contributed by atoms with Crippen LogP contribution in [0.1, 0.15) is 119 Å². The minimum Gasteiger partial charge on any atom is -0.481 e. The number of hydrogen-bond acceptors (Lipinski definition) is 3. The number of hydrogen-bond donors (Lipinski definition) is 2. The van der Waals surface area contributed by atoms with E-state index in [-0.39, 0.29) is 33.2 Å². The molecule has 2 unspecified atom stereocenters. The van der Waals surface area contributed by atoms with Crippen molar-refractivity contribution in [1.82, 2.24) is 15.1 Å². The molecule has 2 amide bonds. The Hall–Kier alpha value is -2.15. The Morgan fingerprint density at radius 3 is 2.34 bits per heavy atom. The SMILES string of the molecule is C=C(C)[C@@H]1CCC2(NCCN3CCN(C)C3=O)CC[C@]3(C)C(CC[C@@H]4[C@@]5(C)CC=C(C6=CC[C@](CF)(C(=O)O)CC6)C(C)(C)[C@@H]5CC[C@]43C)[C@@H]12. The average molecular weight is 692 g/mol. The van der Waals surface area contributed by atoms with Gasteiger partial charge in [-0.2, -0.15) is 0 Å². The highest BCUT2D eigenvalue weighted by Crippen LogP contribution is 2.76. The summed E-state index contributed by atoms with van der Waals surface area (Å²) < 4.78 is 14.0. The van der Waals surface area contributed by atoms with E-state index in [1.165, 1.54) is 68.1 Å². The van der Waals surface area contributed by atoms with Crippen LogP contribution in [0.15, 0.2) is 35.5 Å². The number of alkyl halides is 1. The van der Waals surface area contributed by atoms with Crippen molar-refractivity contribution in [3.63, 3.8) is 0 Å². The minimum absolute atomic E-state index is 0.00940. The monoisotopic (exact) mass is 692 g/mol. The van der Waals surface area contributed by atoms with E-state index in [0.717, 1.165) is 32.6 Å². The molecule has 1 aliphatic heterocycles. The van der Waals surface area contributed by atoms with Crippen LogP contribution >= 0.6 is 0 Å². The van der Waals surface area contributed by atoms with Gasteiger partial charge in [-0.25, -0.2) is 9.18 Å². The molecular formula is C43H66FN3O3. The number of rotatable bonds is 8. The van der Waals surface area contributed by atoms with Crippen LogP contribution in [0.25, 0.3) is 0 Å². The lowest BCUT2D eigenvalue weighted by Gasteiger charge is -2.72. The second kappa shape index (κ2) is 12.2. The number of urea groups is 1. The lowest BCUT2D eigenvalue weighted by atomic mass is 9.33. The van der Waals surface area contributed by atoms with Crippen molar-refractivity contribution in [3.05, 3.63) is 35.5 Å². The number of carboxylic acid groups (broad SMARTS) is 1. The maximum Gasteiger partial charge on any atom is 0.319 e. The zero-order chi connectivity index (χ0) is 36.1. The number of fused-ring (bicyclic) bond motifs is 7. The molecule has 1 heterocycles. The molecule has 2 N–H and O–H groups in total. The number of likely N-dealkylation sites (N-methyl/N-ethyl adjacent to an activating group) is 1. The van der Waals surface area contributed by atoms with Crippen molar-refractivity contribution in [1.29, 1.82) is 0 Å². The highest BCUT2D eigenvalue weighted by molar-refractivity contribution is 5.76. The molecule has 6 nitrogen and oxygen atoms in total. The van der Waals surface area contributed by atoms with Crippen molar-refractivity contribution in [3.8, 4) is 0 Å². The molecule has 0 bridgehead atoms. The van der Waals surface area contributed by atoms with E-state index in [1.807, 2.05) is 16.8 Å². The number of carbonyl (C=O) groups is 2. The van der Waals surface area contributed by atoms with Gasteiger partial charge in [-0.3, -0.25) is 4.79 Å². The molecule has 10 atom stereocenters. The van der Waals surface area contributed by atoms with Gasteiger partial charge in [0.1, 0.15) is 6.67 Å². The fraction of sp³-hybridized carbons (Fsp3) is 0.814. The lowest BCUT2D eigenvalue weighted by molar-refractivity contribution is -0.221. The summed E-state index contributed by atoms with van der Waals surface area (Å²) in [5.74, 6) is 2.03. The number of halogens is 1. The summed E-state index contributed by atoms with van der Waals surface area (Å²) in [4.78, 5) is 28.5. The van der Waals surface area contributed by atoms with Crippen LogP contribution < -0.4 is 5.32 Å². The molecule has 5 fully saturated rings. The third kappa shape index (κ3) is 5.00. The van der Waals surface area contributed by atoms with Gasteiger partial charge in [-0.1, -0.05) is 58.9 Å². The zero-order valence-electron chi connectivity index (χ0n) is 32.3. The van der Waals surface area contributed by atoms with E-state index in [1.54, 1.807) is 0 Å². The van der Waals surface area contributed by atoms with Crippen LogP contribution in [0, 0.1) is 56.7 Å². The number of amides is 2. The number of aliphatic carboxylic acids is 1. The van der Waals surface area contributed by atoms with Gasteiger partial charge < -0.3 is 20.2 Å². The second-order valence-electron chi connectivity index (χ2n) is 19.7. The Morgan fingerprint density at radius 2 is 1.72 bits per heavy atom. The van der Waals surface area contributed by atoms with Gasteiger partial charge in [-0.05, 0) is 146 Å². The normalized spacial score (nSPS) is 45.2. The molecule has 7 heteroatoms. The van der Waals surface area contributed by atoms with Crippen molar-refractivity contribution in [2.75, 3.05) is 39.9 Å². The lowest BCUT2D eigenvalue weighted by Crippen LogP contribution is -2.68. The van der Waals surface area contributed by atoms with Crippen LogP contribution in [-0.2, 0) is 4.79 Å². The summed E-state index contributed by atoms with van der Waals surface area (Å²) in [7, 11) is 1.91. The van der Waals surface area contributed by atoms with Gasteiger partial charge in [0.15, 0.2) is 0 Å². The van der Waals surface area contributed by atoms with Crippen LogP contribution in [0.3, 0.4) is 0 Å². The topological polar surface area (TPSA) is 72.9 Å². The van der Waals surface area contributed by atoms with Crippen molar-refractivity contribution in [2.45, 2.75) is 124 Å². The number of nitrogens with zero attached hydrogens (tertiary/aromatic N) is 2. The first-order valence-electron chi connectivity index (χ1n) is 20.1. The number of carbonyl (C=O) groups excluding carboxylic acids is 1. The smallest absolute Gasteiger partial charge is 0.319 e. The van der Waals surface area contributed by atoms with Gasteiger partial charge in [-0.15, -0.1) is 0 Å². The van der Waals surface area contributed by atoms with E-state index in [9.17, 15) is 19.1 Å². The number of carboxylic acids is 1. The zero-order valence-corrected chi connectivity index (χ0v) is 32.3. The molecule has 0 radical (unpaired) electrons. The third-order valence-corrected chi connectivity index (χ3v) is 17.5. The molecule has 0 aromatic rings. The van der Waals surface area contributed by atoms with Gasteiger partial charge in [0.25, 0.3) is 0 Å². The Morgan fingerprint density at radius 1 is 0.960 bits per heavy atom. The Kier molecular flexibility index (Phi) is 8.84. The summed E-state index contributed by atoms with van der Waals surface area (Å²) in [6, 6.07) is 0.166. The first-order valence-corrected chi connectivity index (χ1v) is 20.1. The predicted octanol–water partition coefficient (Wildman–Crippen LogP) is 9.04. The summed E-state index contributed by atoms with van der Waals surface area (Å²) in [5, 5.41) is 14.0. The molecule has 7 rings (SSSR count). The fourth-order valence-electron chi connectivity index (χ4n) is 14.5. The van der Waals surface area contributed by atoms with E-state index in [0.29, 0.717) is 48.9 Å². The van der Waals surface area contributed by atoms with Crippen LogP contribution in [-0.4, -0.2) is 72.3 Å². The molecule has 1 saturated heterocycles. The number of nitrogens with one attached hydrogen (secondary N) is 1. The fourth-order valence-corrected chi connectivity index (χ4v) is 14.5. The molecule has 0 aromatic heterocycles. The average Bonchev–Trinajstić information content (AvgIpc) is 3.61. The van der Waals surface area contributed by atoms with Crippen LogP contribution in [0.5, 0.6) is 0 Å². The van der Waals surface area contributed by atoms with E-state index in [2.05, 4.69) is 65.6 Å². The van der Waals surface area contributed by atoms with Crippen molar-refractivity contribution < 1.29 is 19.1 Å². The number of allylic oxidation sites excluding steroid dienone is 5. The molecule has 50 heavy (non-hydrogen) atoms. The summed E-state index contributed by atoms with van der Waals surface area (Å²) in [6.07, 6.45) is 17.0. The molecular weight excluding hydrogens is 625 g/mol. The summed E-state index contributed by atoms with van der Waals surface area (Å²) in [5.41, 5.74) is 3.64. The summed E-state index contributed by atoms with van der Waals surface area (Å²) >= 11 is 0. The Bertz CT molecular complexity index is 1490. The maximum absolute atomic E-state index is 14.0. The van der Waals surface area contributed by atoms with Crippen molar-refractivity contribution in [2.24, 2.45) is 56.7 Å². The maximum atomic E-state index is 14.0. The molecule has 0 spiro atoms. The Labute approximate surface area is 301 Å². The molecule has 6 aliphatic carbocycles. The van der Waals surface area contributed by atoms with Crippen LogP contribution in [0.4, 0.5) is 9.18 Å². The van der Waals surface area contributed by atoms with E-state index in [4.69, 9.17) is 0 Å². The van der Waals surface area contributed by atoms with Crippen molar-refractivity contribution >= 4 is 12.0 Å². The highest BCUT2D eigenvalue weighted by atomic mass is 19.1. The molecule has 4 saturated carbocycles. The van der Waals surface area contributed by atoms with E-state index >= 15 is 0 Å². The van der Waals surface area contributed by atoms with Crippen LogP contribution in [0.2, 0.25) is 0 Å². The van der Waals surface area contributed by atoms with Gasteiger partial charge >= 0.3 is 12.0 Å². The van der Waals surface area contributed by atoms with Gasteiger partial charge in [0.05, 0.1) is 5.41 Å². The quantitative estimate of drug-likeness (QED) is 0.249. The molecule has 7 aliphatic rings. The summed E-state index contributed by atoms with van der Waals surface area (Å²) in [6.45, 7) is 22.3. The minimum atomic E-state index is -1.25. The first kappa shape index (κ1) is 36.2. The first-order chi connectivity index (χ1) is 23.5. The van der Waals surface area contributed by atoms with Gasteiger partial charge in [0, 0.05) is 38.8 Å². The van der Waals surface area contributed by atoms with Gasteiger partial charge in [0.2, 0.25) is 0 Å². The highest BCUT2D eigenvalue weighted by Gasteiger charge is 2.70. The standard InChI is InChI=1S/C43H66FN3O3/c1-28(2)30-13-20-43(45-23-24-47-26-25-46(8)37(47)50)22-21-40(6)32(35(30)43)9-10-34-39(5)16-14-31(38(3,4)33(39)15-17-41(34,40)7)29-11-18-42(27-44,19-12-29)36(48)49/h11,14,30,32-35,45H,1,9-10,12-13,15-27H2,2-8H3,(H,48,49)/t30-,32?,33-,34+,35+,39-,40+,41+,42-,43?/m0/s1.